The van der Waals surface area contributed by atoms with Gasteiger partial charge in [0.2, 0.25) is 0 Å². The van der Waals surface area contributed by atoms with Crippen molar-refractivity contribution in [1.29, 1.82) is 0 Å². The molecule has 0 bridgehead atoms. The second kappa shape index (κ2) is 9.61. The summed E-state index contributed by atoms with van der Waals surface area (Å²) in [6.07, 6.45) is 1.90. The molecule has 1 aliphatic heterocycles. The molecule has 33 heavy (non-hydrogen) atoms. The van der Waals surface area contributed by atoms with Crippen LogP contribution in [0, 0.1) is 5.92 Å². The highest BCUT2D eigenvalue weighted by Crippen LogP contribution is 2.33. The van der Waals surface area contributed by atoms with Crippen molar-refractivity contribution in [1.82, 2.24) is 4.57 Å². The number of carbonyl (C=O) groups excluding carboxylic acids is 1. The molecule has 1 aromatic carbocycles. The van der Waals surface area contributed by atoms with Gasteiger partial charge in [-0.1, -0.05) is 69.4 Å². The summed E-state index contributed by atoms with van der Waals surface area (Å²) in [6.45, 7) is 10.4. The zero-order valence-electron chi connectivity index (χ0n) is 19.5. The molecule has 0 spiro atoms. The van der Waals surface area contributed by atoms with Crippen LogP contribution >= 0.6 is 22.7 Å². The minimum atomic E-state index is -0.536. The maximum absolute atomic E-state index is 13.6. The van der Waals surface area contributed by atoms with Crippen LogP contribution in [-0.2, 0) is 9.53 Å². The first-order valence-corrected chi connectivity index (χ1v) is 12.8. The number of nitrogens with zero attached hydrogens (tertiary/aromatic N) is 2. The molecule has 0 amide bonds. The highest BCUT2D eigenvalue weighted by Gasteiger charge is 2.34. The third-order valence-corrected chi connectivity index (χ3v) is 7.41. The van der Waals surface area contributed by atoms with Crippen molar-refractivity contribution in [3.05, 3.63) is 88.7 Å². The number of carbonyl (C=O) groups is 1. The van der Waals surface area contributed by atoms with E-state index in [9.17, 15) is 9.59 Å². The van der Waals surface area contributed by atoms with E-state index in [1.807, 2.05) is 56.5 Å². The predicted molar refractivity (Wildman–Crippen MR) is 134 cm³/mol. The fourth-order valence-corrected chi connectivity index (χ4v) is 5.62. The van der Waals surface area contributed by atoms with Gasteiger partial charge in [0.05, 0.1) is 22.4 Å². The molecule has 3 heterocycles. The summed E-state index contributed by atoms with van der Waals surface area (Å²) < 4.78 is 7.79. The van der Waals surface area contributed by atoms with Crippen LogP contribution in [0.1, 0.15) is 62.6 Å². The lowest BCUT2D eigenvalue weighted by Crippen LogP contribution is -2.39. The Morgan fingerprint density at radius 2 is 1.91 bits per heavy atom. The average Bonchev–Trinajstić information content (AvgIpc) is 3.40. The Bertz CT molecular complexity index is 1360. The second-order valence-corrected chi connectivity index (χ2v) is 10.9. The van der Waals surface area contributed by atoms with E-state index in [0.717, 1.165) is 10.4 Å². The second-order valence-electron chi connectivity index (χ2n) is 8.91. The number of ether oxygens (including phenoxy) is 1. The Hall–Kier alpha value is -2.77. The highest BCUT2D eigenvalue weighted by atomic mass is 32.1. The summed E-state index contributed by atoms with van der Waals surface area (Å²) >= 11 is 2.87. The zero-order chi connectivity index (χ0) is 23.7. The molecule has 172 valence electrons. The minimum absolute atomic E-state index is 0.147. The average molecular weight is 481 g/mol. The van der Waals surface area contributed by atoms with Gasteiger partial charge in [0.25, 0.3) is 5.56 Å². The lowest BCUT2D eigenvalue weighted by atomic mass is 10.0. The fraction of sp³-hybridized carbons (Fsp3) is 0.346. The Balaban J connectivity index is 1.82. The van der Waals surface area contributed by atoms with Crippen molar-refractivity contribution in [3.63, 3.8) is 0 Å². The topological polar surface area (TPSA) is 60.7 Å². The summed E-state index contributed by atoms with van der Waals surface area (Å²) in [4.78, 5) is 32.8. The minimum Gasteiger partial charge on any atom is -0.462 e. The number of fused-ring (bicyclic) bond motifs is 1. The third kappa shape index (κ3) is 4.80. The number of allylic oxidation sites excluding steroid dienone is 1. The van der Waals surface area contributed by atoms with E-state index < -0.39 is 12.0 Å². The van der Waals surface area contributed by atoms with Crippen molar-refractivity contribution in [2.75, 3.05) is 6.61 Å². The number of rotatable bonds is 6. The zero-order valence-corrected chi connectivity index (χ0v) is 21.1. The number of thiazole rings is 1. The van der Waals surface area contributed by atoms with Crippen molar-refractivity contribution >= 4 is 34.7 Å². The Kier molecular flexibility index (Phi) is 6.81. The third-order valence-electron chi connectivity index (χ3n) is 5.50. The van der Waals surface area contributed by atoms with Gasteiger partial charge >= 0.3 is 5.97 Å². The number of esters is 1. The molecular formula is C26H28N2O3S2. The smallest absolute Gasteiger partial charge is 0.338 e. The maximum Gasteiger partial charge on any atom is 0.338 e. The van der Waals surface area contributed by atoms with Crippen LogP contribution in [0.15, 0.2) is 62.8 Å². The first kappa shape index (κ1) is 23.4. The van der Waals surface area contributed by atoms with Crippen LogP contribution in [0.5, 0.6) is 0 Å². The van der Waals surface area contributed by atoms with Crippen LogP contribution in [0.4, 0.5) is 0 Å². The van der Waals surface area contributed by atoms with Gasteiger partial charge in [0.1, 0.15) is 6.04 Å². The molecule has 1 atom stereocenters. The van der Waals surface area contributed by atoms with Gasteiger partial charge in [-0.15, -0.1) is 11.3 Å². The summed E-state index contributed by atoms with van der Waals surface area (Å²) in [7, 11) is 0. The Labute approximate surface area is 201 Å². The summed E-state index contributed by atoms with van der Waals surface area (Å²) in [5, 5.41) is 1.95. The number of benzene rings is 1. The molecule has 5 nitrogen and oxygen atoms in total. The van der Waals surface area contributed by atoms with Crippen molar-refractivity contribution in [3.8, 4) is 0 Å². The number of hydrogen-bond acceptors (Lipinski definition) is 6. The first-order chi connectivity index (χ1) is 15.8. The first-order valence-electron chi connectivity index (χ1n) is 11.1. The predicted octanol–water partition coefficient (Wildman–Crippen LogP) is 4.62. The van der Waals surface area contributed by atoms with Gasteiger partial charge in [-0.3, -0.25) is 9.36 Å². The van der Waals surface area contributed by atoms with Gasteiger partial charge in [-0.2, -0.15) is 0 Å². The Morgan fingerprint density at radius 3 is 2.52 bits per heavy atom. The molecule has 1 unspecified atom stereocenters. The lowest BCUT2D eigenvalue weighted by Gasteiger charge is -2.23. The van der Waals surface area contributed by atoms with E-state index in [1.54, 1.807) is 4.57 Å². The van der Waals surface area contributed by atoms with Gasteiger partial charge in [-0.05, 0) is 47.4 Å². The van der Waals surface area contributed by atoms with Gasteiger partial charge < -0.3 is 4.74 Å². The molecule has 0 aliphatic carbocycles. The summed E-state index contributed by atoms with van der Waals surface area (Å²) in [5.41, 5.74) is 3.09. The van der Waals surface area contributed by atoms with Crippen LogP contribution in [0.2, 0.25) is 0 Å². The molecule has 0 saturated heterocycles. The maximum atomic E-state index is 13.6. The van der Waals surface area contributed by atoms with Crippen LogP contribution in [-0.4, -0.2) is 17.1 Å². The SMILES string of the molecule is CC1=C(C(=O)OCC(C)C)C(c2cccs2)n2c(sc(=Cc3ccc(C(C)C)cc3)c2=O)=N1. The molecule has 0 fully saturated rings. The van der Waals surface area contributed by atoms with E-state index in [1.165, 1.54) is 28.2 Å². The normalized spacial score (nSPS) is 16.3. The molecule has 2 aromatic heterocycles. The standard InChI is InChI=1S/C26H28N2O3S2/c1-15(2)14-31-25(30)22-17(5)27-26-28(23(22)20-7-6-12-32-20)24(29)21(33-26)13-18-8-10-19(11-9-18)16(3)4/h6-13,15-16,23H,14H2,1-5H3. The van der Waals surface area contributed by atoms with Gasteiger partial charge in [0, 0.05) is 4.88 Å². The van der Waals surface area contributed by atoms with Gasteiger partial charge in [0.15, 0.2) is 4.80 Å². The van der Waals surface area contributed by atoms with Crippen molar-refractivity contribution in [2.24, 2.45) is 10.9 Å². The largest absolute Gasteiger partial charge is 0.462 e. The van der Waals surface area contributed by atoms with E-state index >= 15 is 0 Å². The molecule has 3 aromatic rings. The van der Waals surface area contributed by atoms with E-state index in [4.69, 9.17) is 4.74 Å². The molecule has 4 rings (SSSR count). The molecular weight excluding hydrogens is 452 g/mol. The quantitative estimate of drug-likeness (QED) is 0.484. The molecule has 0 N–H and O–H groups in total. The summed E-state index contributed by atoms with van der Waals surface area (Å²) in [5.74, 6) is 0.257. The van der Waals surface area contributed by atoms with Crippen molar-refractivity contribution in [2.45, 2.75) is 46.6 Å². The van der Waals surface area contributed by atoms with Crippen molar-refractivity contribution < 1.29 is 9.53 Å². The van der Waals surface area contributed by atoms with Crippen LogP contribution in [0.3, 0.4) is 0 Å². The van der Waals surface area contributed by atoms with Gasteiger partial charge in [-0.25, -0.2) is 9.79 Å². The van der Waals surface area contributed by atoms with E-state index in [2.05, 4.69) is 31.0 Å². The van der Waals surface area contributed by atoms with Crippen LogP contribution < -0.4 is 14.9 Å². The Morgan fingerprint density at radius 1 is 1.18 bits per heavy atom. The number of thiophene rings is 1. The molecule has 0 radical (unpaired) electrons. The lowest BCUT2D eigenvalue weighted by molar-refractivity contribution is -0.140. The molecule has 1 aliphatic rings. The van der Waals surface area contributed by atoms with Crippen LogP contribution in [0.25, 0.3) is 6.08 Å². The highest BCUT2D eigenvalue weighted by molar-refractivity contribution is 7.10. The number of aromatic nitrogens is 1. The van der Waals surface area contributed by atoms with E-state index in [-0.39, 0.29) is 11.5 Å². The fourth-order valence-electron chi connectivity index (χ4n) is 3.75. The van der Waals surface area contributed by atoms with E-state index in [0.29, 0.717) is 33.1 Å². The molecule has 0 saturated carbocycles. The molecule has 7 heteroatoms. The number of hydrogen-bond donors (Lipinski definition) is 0. The monoisotopic (exact) mass is 480 g/mol. The summed E-state index contributed by atoms with van der Waals surface area (Å²) in [6, 6.07) is 11.6.